The SMILES string of the molecule is Cc1ccc(COc2coc(C[NH+]3CC[NH+](Cc4ccccc4)CC3)cc2=O)cc1. The number of aryl methyl sites for hydroxylation is 1. The van der Waals surface area contributed by atoms with Crippen LogP contribution in [0.15, 0.2) is 76.1 Å². The van der Waals surface area contributed by atoms with E-state index in [1.165, 1.54) is 22.3 Å². The molecule has 156 valence electrons. The van der Waals surface area contributed by atoms with Crippen LogP contribution in [0.1, 0.15) is 22.5 Å². The van der Waals surface area contributed by atoms with Gasteiger partial charge in [-0.05, 0) is 12.5 Å². The maximum absolute atomic E-state index is 12.4. The lowest BCUT2D eigenvalue weighted by Gasteiger charge is -2.29. The molecule has 2 heterocycles. The third-order valence-electron chi connectivity index (χ3n) is 5.75. The van der Waals surface area contributed by atoms with Gasteiger partial charge in [0.2, 0.25) is 11.2 Å². The predicted molar refractivity (Wildman–Crippen MR) is 116 cm³/mol. The number of hydrogen-bond donors (Lipinski definition) is 2. The Labute approximate surface area is 177 Å². The van der Waals surface area contributed by atoms with Crippen LogP contribution in [-0.4, -0.2) is 26.2 Å². The van der Waals surface area contributed by atoms with Gasteiger partial charge in [-0.2, -0.15) is 0 Å². The van der Waals surface area contributed by atoms with Crippen molar-refractivity contribution in [2.75, 3.05) is 26.2 Å². The minimum Gasteiger partial charge on any atom is -0.482 e. The minimum absolute atomic E-state index is 0.115. The van der Waals surface area contributed by atoms with E-state index in [1.807, 2.05) is 31.2 Å². The molecule has 5 nitrogen and oxygen atoms in total. The van der Waals surface area contributed by atoms with Crippen LogP contribution in [0.25, 0.3) is 0 Å². The van der Waals surface area contributed by atoms with E-state index in [9.17, 15) is 4.79 Å². The molecule has 0 saturated carbocycles. The molecule has 1 fully saturated rings. The summed E-state index contributed by atoms with van der Waals surface area (Å²) in [5.74, 6) is 0.996. The zero-order valence-electron chi connectivity index (χ0n) is 17.5. The highest BCUT2D eigenvalue weighted by Gasteiger charge is 2.24. The smallest absolute Gasteiger partial charge is 0.227 e. The summed E-state index contributed by atoms with van der Waals surface area (Å²) in [5, 5.41) is 0. The molecule has 1 aliphatic rings. The molecule has 2 N–H and O–H groups in total. The molecule has 1 aromatic heterocycles. The van der Waals surface area contributed by atoms with Gasteiger partial charge in [-0.1, -0.05) is 60.2 Å². The van der Waals surface area contributed by atoms with E-state index in [0.29, 0.717) is 6.61 Å². The highest BCUT2D eigenvalue weighted by Crippen LogP contribution is 2.10. The molecular formula is C25H30N2O3+2. The molecule has 0 radical (unpaired) electrons. The van der Waals surface area contributed by atoms with E-state index in [0.717, 1.165) is 50.6 Å². The Morgan fingerprint density at radius 3 is 2.20 bits per heavy atom. The average molecular weight is 407 g/mol. The Morgan fingerprint density at radius 1 is 0.867 bits per heavy atom. The van der Waals surface area contributed by atoms with Gasteiger partial charge in [-0.25, -0.2) is 0 Å². The van der Waals surface area contributed by atoms with Crippen LogP contribution in [0.4, 0.5) is 0 Å². The Balaban J connectivity index is 1.26. The zero-order valence-corrected chi connectivity index (χ0v) is 17.5. The fourth-order valence-electron chi connectivity index (χ4n) is 3.92. The molecule has 1 saturated heterocycles. The van der Waals surface area contributed by atoms with Crippen molar-refractivity contribution in [2.45, 2.75) is 26.6 Å². The molecule has 5 heteroatoms. The maximum Gasteiger partial charge on any atom is 0.227 e. The summed E-state index contributed by atoms with van der Waals surface area (Å²) in [7, 11) is 0. The van der Waals surface area contributed by atoms with E-state index >= 15 is 0 Å². The van der Waals surface area contributed by atoms with Gasteiger partial charge in [-0.15, -0.1) is 0 Å². The van der Waals surface area contributed by atoms with Crippen LogP contribution < -0.4 is 20.0 Å². The van der Waals surface area contributed by atoms with E-state index in [4.69, 9.17) is 9.15 Å². The van der Waals surface area contributed by atoms with Crippen molar-refractivity contribution in [3.63, 3.8) is 0 Å². The van der Waals surface area contributed by atoms with Crippen LogP contribution in [0.5, 0.6) is 5.75 Å². The van der Waals surface area contributed by atoms with Gasteiger partial charge in [0.1, 0.15) is 52.1 Å². The second kappa shape index (κ2) is 9.74. The summed E-state index contributed by atoms with van der Waals surface area (Å²) in [6.45, 7) is 8.65. The topological polar surface area (TPSA) is 48.3 Å². The van der Waals surface area contributed by atoms with E-state index in [2.05, 4.69) is 30.3 Å². The first kappa shape index (κ1) is 20.4. The van der Waals surface area contributed by atoms with Crippen LogP contribution in [0, 0.1) is 6.92 Å². The molecule has 2 aromatic carbocycles. The lowest BCUT2D eigenvalue weighted by Crippen LogP contribution is -3.27. The summed E-state index contributed by atoms with van der Waals surface area (Å²) in [6.07, 6.45) is 1.46. The van der Waals surface area contributed by atoms with Crippen molar-refractivity contribution in [3.8, 4) is 5.75 Å². The van der Waals surface area contributed by atoms with Gasteiger partial charge in [-0.3, -0.25) is 4.79 Å². The molecule has 0 aliphatic carbocycles. The number of quaternary nitrogens is 2. The Morgan fingerprint density at radius 2 is 1.53 bits per heavy atom. The van der Waals surface area contributed by atoms with Crippen molar-refractivity contribution in [2.24, 2.45) is 0 Å². The zero-order chi connectivity index (χ0) is 20.8. The van der Waals surface area contributed by atoms with Crippen LogP contribution >= 0.6 is 0 Å². The number of piperazine rings is 1. The minimum atomic E-state index is -0.115. The van der Waals surface area contributed by atoms with Crippen molar-refractivity contribution in [3.05, 3.63) is 99.6 Å². The number of ether oxygens (including phenoxy) is 1. The lowest BCUT2D eigenvalue weighted by atomic mass is 10.2. The van der Waals surface area contributed by atoms with E-state index < -0.39 is 0 Å². The van der Waals surface area contributed by atoms with Gasteiger partial charge in [0.25, 0.3) is 0 Å². The fourth-order valence-corrected chi connectivity index (χ4v) is 3.92. The van der Waals surface area contributed by atoms with Crippen LogP contribution in [0.3, 0.4) is 0 Å². The highest BCUT2D eigenvalue weighted by atomic mass is 16.5. The number of nitrogens with one attached hydrogen (secondary N) is 2. The Kier molecular flexibility index (Phi) is 6.62. The third-order valence-corrected chi connectivity index (χ3v) is 5.75. The third kappa shape index (κ3) is 5.59. The van der Waals surface area contributed by atoms with Crippen molar-refractivity contribution in [1.82, 2.24) is 0 Å². The first-order valence-electron chi connectivity index (χ1n) is 10.7. The van der Waals surface area contributed by atoms with Gasteiger partial charge in [0, 0.05) is 11.6 Å². The maximum atomic E-state index is 12.4. The molecule has 1 aliphatic heterocycles. The Hall–Kier alpha value is -2.89. The van der Waals surface area contributed by atoms with E-state index in [-0.39, 0.29) is 11.2 Å². The predicted octanol–water partition coefficient (Wildman–Crippen LogP) is 1.01. The standard InChI is InChI=1S/C25H28N2O3/c1-20-7-9-22(10-8-20)18-30-25-19-29-23(15-24(25)28)17-27-13-11-26(12-14-27)16-21-5-3-2-4-6-21/h2-10,15,19H,11-14,16-18H2,1H3/p+2. The first-order valence-corrected chi connectivity index (χ1v) is 10.7. The lowest BCUT2D eigenvalue weighted by molar-refractivity contribution is -1.02. The molecule has 30 heavy (non-hydrogen) atoms. The average Bonchev–Trinajstić information content (AvgIpc) is 2.76. The summed E-state index contributed by atoms with van der Waals surface area (Å²) in [4.78, 5) is 15.5. The molecule has 0 unspecified atom stereocenters. The number of benzene rings is 2. The molecule has 4 rings (SSSR count). The summed E-state index contributed by atoms with van der Waals surface area (Å²) in [5.41, 5.74) is 3.51. The summed E-state index contributed by atoms with van der Waals surface area (Å²) >= 11 is 0. The van der Waals surface area contributed by atoms with Crippen LogP contribution in [-0.2, 0) is 19.7 Å². The molecule has 0 amide bonds. The fraction of sp³-hybridized carbons (Fsp3) is 0.320. The van der Waals surface area contributed by atoms with Crippen LogP contribution in [0.2, 0.25) is 0 Å². The molecule has 0 bridgehead atoms. The van der Waals surface area contributed by atoms with Crippen molar-refractivity contribution < 1.29 is 19.0 Å². The van der Waals surface area contributed by atoms with Crippen molar-refractivity contribution in [1.29, 1.82) is 0 Å². The highest BCUT2D eigenvalue weighted by molar-refractivity contribution is 5.22. The molecule has 0 spiro atoms. The summed E-state index contributed by atoms with van der Waals surface area (Å²) in [6, 6.07) is 20.3. The molecule has 0 atom stereocenters. The number of rotatable bonds is 7. The largest absolute Gasteiger partial charge is 0.482 e. The second-order valence-electron chi connectivity index (χ2n) is 8.19. The van der Waals surface area contributed by atoms with Crippen molar-refractivity contribution >= 4 is 0 Å². The Bertz CT molecular complexity index is 991. The monoisotopic (exact) mass is 406 g/mol. The summed E-state index contributed by atoms with van der Waals surface area (Å²) < 4.78 is 11.4. The quantitative estimate of drug-likeness (QED) is 0.616. The van der Waals surface area contributed by atoms with E-state index in [1.54, 1.807) is 11.0 Å². The molecular weight excluding hydrogens is 376 g/mol. The normalized spacial score (nSPS) is 18.8. The van der Waals surface area contributed by atoms with Gasteiger partial charge in [0.15, 0.2) is 5.76 Å². The second-order valence-corrected chi connectivity index (χ2v) is 8.19. The van der Waals surface area contributed by atoms with Gasteiger partial charge >= 0.3 is 0 Å². The molecule has 3 aromatic rings. The van der Waals surface area contributed by atoms with Gasteiger partial charge < -0.3 is 19.0 Å². The number of hydrogen-bond acceptors (Lipinski definition) is 3. The first-order chi connectivity index (χ1) is 14.7. The van der Waals surface area contributed by atoms with Gasteiger partial charge in [0.05, 0.1) is 0 Å².